The van der Waals surface area contributed by atoms with E-state index in [-0.39, 0.29) is 0 Å². The average molecular weight is 367 g/mol. The topological polar surface area (TPSA) is 21.3 Å². The molecule has 2 aromatic carbocycles. The first-order valence-electron chi connectivity index (χ1n) is 7.02. The van der Waals surface area contributed by atoms with Gasteiger partial charge < -0.3 is 10.1 Å². The highest BCUT2D eigenvalue weighted by Gasteiger charge is 2.31. The van der Waals surface area contributed by atoms with Crippen LogP contribution < -0.4 is 10.1 Å². The van der Waals surface area contributed by atoms with Gasteiger partial charge in [-0.25, -0.2) is 0 Å². The summed E-state index contributed by atoms with van der Waals surface area (Å²) in [4.78, 5) is 0. The monoisotopic (exact) mass is 365 g/mol. The van der Waals surface area contributed by atoms with E-state index in [1.165, 1.54) is 5.56 Å². The molecule has 4 heteroatoms. The molecule has 1 N–H and O–H groups in total. The maximum absolute atomic E-state index is 6.25. The van der Waals surface area contributed by atoms with Crippen molar-refractivity contribution in [2.45, 2.75) is 24.8 Å². The van der Waals surface area contributed by atoms with E-state index >= 15 is 0 Å². The van der Waals surface area contributed by atoms with Crippen LogP contribution in [0.2, 0.25) is 5.02 Å². The van der Waals surface area contributed by atoms with Gasteiger partial charge in [0.15, 0.2) is 0 Å². The Morgan fingerprint density at radius 3 is 2.67 bits per heavy atom. The summed E-state index contributed by atoms with van der Waals surface area (Å²) in [6, 6.07) is 14.7. The summed E-state index contributed by atoms with van der Waals surface area (Å²) in [5, 5.41) is 4.44. The van der Waals surface area contributed by atoms with Crippen LogP contribution in [0.4, 0.5) is 5.69 Å². The van der Waals surface area contributed by atoms with Crippen LogP contribution in [-0.2, 0) is 0 Å². The molecule has 2 nitrogen and oxygen atoms in total. The highest BCUT2D eigenvalue weighted by Crippen LogP contribution is 2.41. The lowest BCUT2D eigenvalue weighted by Crippen LogP contribution is -2.34. The van der Waals surface area contributed by atoms with Crippen molar-refractivity contribution in [2.75, 3.05) is 12.4 Å². The summed E-state index contributed by atoms with van der Waals surface area (Å²) in [6.45, 7) is 0. The van der Waals surface area contributed by atoms with Gasteiger partial charge in [-0.05, 0) is 58.5 Å². The fourth-order valence-electron chi connectivity index (χ4n) is 2.78. The molecule has 2 aromatic rings. The number of rotatable bonds is 4. The second-order valence-corrected chi connectivity index (χ2v) is 6.64. The second-order valence-electron chi connectivity index (χ2n) is 5.38. The number of hydrogen-bond donors (Lipinski definition) is 1. The van der Waals surface area contributed by atoms with Gasteiger partial charge in [0, 0.05) is 22.8 Å². The van der Waals surface area contributed by atoms with Gasteiger partial charge in [-0.15, -0.1) is 0 Å². The molecule has 0 heterocycles. The van der Waals surface area contributed by atoms with Crippen LogP contribution in [0.3, 0.4) is 0 Å². The summed E-state index contributed by atoms with van der Waals surface area (Å²) in [5.41, 5.74) is 2.36. The van der Waals surface area contributed by atoms with Gasteiger partial charge in [-0.2, -0.15) is 0 Å². The normalized spacial score (nSPS) is 20.7. The van der Waals surface area contributed by atoms with E-state index in [1.807, 2.05) is 24.3 Å². The first-order chi connectivity index (χ1) is 10.2. The van der Waals surface area contributed by atoms with E-state index in [9.17, 15) is 0 Å². The predicted molar refractivity (Wildman–Crippen MR) is 91.5 cm³/mol. The minimum Gasteiger partial charge on any atom is -0.495 e. The molecule has 0 aromatic heterocycles. The Morgan fingerprint density at radius 2 is 1.95 bits per heavy atom. The fraction of sp³-hybridized carbons (Fsp3) is 0.294. The van der Waals surface area contributed by atoms with Crippen LogP contribution in [0.15, 0.2) is 46.9 Å². The summed E-state index contributed by atoms with van der Waals surface area (Å²) in [6.07, 6.45) is 2.23. The SMILES string of the molecule is COc1cc(NC2CC(c3ccccc3Cl)C2)ccc1Br. The predicted octanol–water partition coefficient (Wildman–Crippen LogP) is 5.47. The molecular formula is C17H17BrClNO. The third-order valence-corrected chi connectivity index (χ3v) is 5.00. The van der Waals surface area contributed by atoms with Gasteiger partial charge >= 0.3 is 0 Å². The molecule has 3 rings (SSSR count). The minimum atomic E-state index is 0.497. The number of anilines is 1. The molecule has 0 bridgehead atoms. The molecule has 1 aliphatic carbocycles. The second kappa shape index (κ2) is 6.29. The zero-order chi connectivity index (χ0) is 14.8. The standard InChI is InChI=1S/C17H17BrClNO/c1-21-17-10-12(6-7-15(17)18)20-13-8-11(9-13)14-4-2-3-5-16(14)19/h2-7,10-11,13,20H,8-9H2,1H3. The molecule has 1 saturated carbocycles. The maximum Gasteiger partial charge on any atom is 0.135 e. The van der Waals surface area contributed by atoms with Crippen LogP contribution in [-0.4, -0.2) is 13.2 Å². The molecule has 0 saturated heterocycles. The summed E-state index contributed by atoms with van der Waals surface area (Å²) < 4.78 is 6.29. The number of hydrogen-bond acceptors (Lipinski definition) is 2. The van der Waals surface area contributed by atoms with Crippen LogP contribution in [0, 0.1) is 0 Å². The third kappa shape index (κ3) is 3.19. The van der Waals surface area contributed by atoms with Crippen molar-refractivity contribution < 1.29 is 4.74 Å². The summed E-state index contributed by atoms with van der Waals surface area (Å²) in [7, 11) is 1.68. The number of benzene rings is 2. The van der Waals surface area contributed by atoms with E-state index in [0.29, 0.717) is 12.0 Å². The lowest BCUT2D eigenvalue weighted by molar-refractivity contribution is 0.374. The molecule has 110 valence electrons. The molecule has 0 unspecified atom stereocenters. The van der Waals surface area contributed by atoms with Gasteiger partial charge in [0.05, 0.1) is 11.6 Å². The Hall–Kier alpha value is -1.19. The van der Waals surface area contributed by atoms with E-state index in [1.54, 1.807) is 7.11 Å². The quantitative estimate of drug-likeness (QED) is 0.774. The van der Waals surface area contributed by atoms with Gasteiger partial charge in [0.2, 0.25) is 0 Å². The van der Waals surface area contributed by atoms with Crippen molar-refractivity contribution in [3.05, 3.63) is 57.5 Å². The van der Waals surface area contributed by atoms with Crippen LogP contribution in [0.25, 0.3) is 0 Å². The lowest BCUT2D eigenvalue weighted by Gasteiger charge is -2.37. The smallest absolute Gasteiger partial charge is 0.135 e. The fourth-order valence-corrected chi connectivity index (χ4v) is 3.48. The highest BCUT2D eigenvalue weighted by atomic mass is 79.9. The maximum atomic E-state index is 6.25. The van der Waals surface area contributed by atoms with Crippen molar-refractivity contribution in [3.63, 3.8) is 0 Å². The Morgan fingerprint density at radius 1 is 1.19 bits per heavy atom. The Bertz CT molecular complexity index is 640. The first-order valence-corrected chi connectivity index (χ1v) is 8.19. The molecule has 0 amide bonds. The molecule has 1 fully saturated rings. The Balaban J connectivity index is 1.61. The molecule has 0 radical (unpaired) electrons. The number of nitrogens with one attached hydrogen (secondary N) is 1. The number of halogens is 2. The highest BCUT2D eigenvalue weighted by molar-refractivity contribution is 9.10. The first kappa shape index (κ1) is 14.7. The zero-order valence-corrected chi connectivity index (χ0v) is 14.1. The summed E-state index contributed by atoms with van der Waals surface area (Å²) in [5.74, 6) is 1.41. The van der Waals surface area contributed by atoms with Crippen LogP contribution >= 0.6 is 27.5 Å². The van der Waals surface area contributed by atoms with E-state index in [2.05, 4.69) is 39.4 Å². The molecule has 0 spiro atoms. The molecule has 0 aliphatic heterocycles. The van der Waals surface area contributed by atoms with E-state index in [4.69, 9.17) is 16.3 Å². The van der Waals surface area contributed by atoms with Crippen molar-refractivity contribution >= 4 is 33.2 Å². The van der Waals surface area contributed by atoms with Gasteiger partial charge in [0.25, 0.3) is 0 Å². The van der Waals surface area contributed by atoms with Crippen molar-refractivity contribution in [1.29, 1.82) is 0 Å². The summed E-state index contributed by atoms with van der Waals surface area (Å²) >= 11 is 9.72. The van der Waals surface area contributed by atoms with Gasteiger partial charge in [-0.1, -0.05) is 29.8 Å². The molecule has 0 atom stereocenters. The Labute approximate surface area is 138 Å². The van der Waals surface area contributed by atoms with Gasteiger partial charge in [-0.3, -0.25) is 0 Å². The molecule has 21 heavy (non-hydrogen) atoms. The van der Waals surface area contributed by atoms with E-state index < -0.39 is 0 Å². The van der Waals surface area contributed by atoms with Crippen molar-refractivity contribution in [1.82, 2.24) is 0 Å². The minimum absolute atomic E-state index is 0.497. The largest absolute Gasteiger partial charge is 0.495 e. The lowest BCUT2D eigenvalue weighted by atomic mass is 9.76. The number of methoxy groups -OCH3 is 1. The zero-order valence-electron chi connectivity index (χ0n) is 11.8. The van der Waals surface area contributed by atoms with Crippen LogP contribution in [0.1, 0.15) is 24.3 Å². The molecular weight excluding hydrogens is 350 g/mol. The van der Waals surface area contributed by atoms with Gasteiger partial charge in [0.1, 0.15) is 5.75 Å². The van der Waals surface area contributed by atoms with E-state index in [0.717, 1.165) is 33.8 Å². The number of ether oxygens (including phenoxy) is 1. The van der Waals surface area contributed by atoms with Crippen LogP contribution in [0.5, 0.6) is 5.75 Å². The van der Waals surface area contributed by atoms with Crippen molar-refractivity contribution in [2.24, 2.45) is 0 Å². The molecule has 1 aliphatic rings. The third-order valence-electron chi connectivity index (χ3n) is 4.01. The Kier molecular flexibility index (Phi) is 4.41. The van der Waals surface area contributed by atoms with Crippen molar-refractivity contribution in [3.8, 4) is 5.75 Å². The average Bonchev–Trinajstić information content (AvgIpc) is 2.45.